The third-order valence-electron chi connectivity index (χ3n) is 2.45. The molecule has 0 unspecified atom stereocenters. The molecule has 0 bridgehead atoms. The predicted molar refractivity (Wildman–Crippen MR) is 62.1 cm³/mol. The van der Waals surface area contributed by atoms with Crippen LogP contribution in [0.2, 0.25) is 0 Å². The van der Waals surface area contributed by atoms with Crippen molar-refractivity contribution in [2.45, 2.75) is 12.7 Å². The summed E-state index contributed by atoms with van der Waals surface area (Å²) in [6.07, 6.45) is 0.380. The van der Waals surface area contributed by atoms with Crippen molar-refractivity contribution in [3.05, 3.63) is 28.2 Å². The Morgan fingerprint density at radius 1 is 1.47 bits per heavy atom. The van der Waals surface area contributed by atoms with Crippen molar-refractivity contribution >= 4 is 15.9 Å². The smallest absolute Gasteiger partial charge is 0.133 e. The highest BCUT2D eigenvalue weighted by Crippen LogP contribution is 2.25. The van der Waals surface area contributed by atoms with E-state index in [0.717, 1.165) is 28.9 Å². The topological polar surface area (TPSA) is 30.5 Å². The molecule has 1 aliphatic heterocycles. The molecule has 0 amide bonds. The summed E-state index contributed by atoms with van der Waals surface area (Å²) in [6.45, 7) is 2.60. The number of methoxy groups -OCH3 is 1. The molecule has 1 heterocycles. The summed E-state index contributed by atoms with van der Waals surface area (Å²) in [6, 6.07) is 6.00. The van der Waals surface area contributed by atoms with Crippen LogP contribution in [0.3, 0.4) is 0 Å². The summed E-state index contributed by atoms with van der Waals surface area (Å²) < 4.78 is 11.8. The fraction of sp³-hybridized carbons (Fsp3) is 0.455. The number of halogens is 1. The molecular formula is C11H14BrNO2. The van der Waals surface area contributed by atoms with Gasteiger partial charge < -0.3 is 14.8 Å². The van der Waals surface area contributed by atoms with Gasteiger partial charge in [0.1, 0.15) is 5.75 Å². The molecule has 0 atom stereocenters. The van der Waals surface area contributed by atoms with E-state index < -0.39 is 0 Å². The van der Waals surface area contributed by atoms with Crippen molar-refractivity contribution in [3.8, 4) is 5.75 Å². The summed E-state index contributed by atoms with van der Waals surface area (Å²) in [5, 5.41) is 3.17. The number of rotatable bonds is 4. The van der Waals surface area contributed by atoms with Gasteiger partial charge in [-0.2, -0.15) is 0 Å². The van der Waals surface area contributed by atoms with Crippen LogP contribution in [-0.2, 0) is 11.3 Å². The predicted octanol–water partition coefficient (Wildman–Crippen LogP) is 1.95. The summed E-state index contributed by atoms with van der Waals surface area (Å²) >= 11 is 3.45. The first-order valence-corrected chi connectivity index (χ1v) is 5.73. The van der Waals surface area contributed by atoms with E-state index in [1.807, 2.05) is 18.2 Å². The van der Waals surface area contributed by atoms with Crippen LogP contribution in [0.1, 0.15) is 5.56 Å². The lowest BCUT2D eigenvalue weighted by Gasteiger charge is -2.27. The van der Waals surface area contributed by atoms with E-state index >= 15 is 0 Å². The summed E-state index contributed by atoms with van der Waals surface area (Å²) in [4.78, 5) is 0. The molecule has 1 aliphatic rings. The molecule has 1 fully saturated rings. The van der Waals surface area contributed by atoms with Crippen molar-refractivity contribution in [2.75, 3.05) is 20.2 Å². The van der Waals surface area contributed by atoms with Crippen molar-refractivity contribution in [3.63, 3.8) is 0 Å². The average Bonchev–Trinajstić information content (AvgIpc) is 2.16. The van der Waals surface area contributed by atoms with Crippen LogP contribution in [0.15, 0.2) is 22.7 Å². The molecule has 2 rings (SSSR count). The summed E-state index contributed by atoms with van der Waals surface area (Å²) in [5.41, 5.74) is 1.16. The molecule has 4 heteroatoms. The SMILES string of the molecule is COc1ccc(COC2CNC2)cc1Br. The van der Waals surface area contributed by atoms with Crippen LogP contribution in [0, 0.1) is 0 Å². The van der Waals surface area contributed by atoms with Crippen molar-refractivity contribution < 1.29 is 9.47 Å². The standard InChI is InChI=1S/C11H14BrNO2/c1-14-11-3-2-8(4-10(11)12)7-15-9-5-13-6-9/h2-4,9,13H,5-7H2,1H3. The second-order valence-electron chi connectivity index (χ2n) is 3.56. The van der Waals surface area contributed by atoms with Gasteiger partial charge in [0.05, 0.1) is 24.3 Å². The molecule has 82 valence electrons. The zero-order valence-electron chi connectivity index (χ0n) is 8.63. The van der Waals surface area contributed by atoms with Gasteiger partial charge in [-0.3, -0.25) is 0 Å². The van der Waals surface area contributed by atoms with E-state index in [-0.39, 0.29) is 0 Å². The highest BCUT2D eigenvalue weighted by molar-refractivity contribution is 9.10. The first-order valence-electron chi connectivity index (χ1n) is 4.94. The van der Waals surface area contributed by atoms with Gasteiger partial charge in [0.2, 0.25) is 0 Å². The van der Waals surface area contributed by atoms with Crippen LogP contribution in [0.25, 0.3) is 0 Å². The molecule has 1 aromatic carbocycles. The minimum Gasteiger partial charge on any atom is -0.496 e. The van der Waals surface area contributed by atoms with E-state index in [9.17, 15) is 0 Å². The van der Waals surface area contributed by atoms with Crippen molar-refractivity contribution in [1.82, 2.24) is 5.32 Å². The van der Waals surface area contributed by atoms with Gasteiger partial charge in [0.25, 0.3) is 0 Å². The maximum absolute atomic E-state index is 5.67. The van der Waals surface area contributed by atoms with Gasteiger partial charge in [-0.15, -0.1) is 0 Å². The van der Waals surface area contributed by atoms with Crippen LogP contribution >= 0.6 is 15.9 Å². The van der Waals surface area contributed by atoms with E-state index in [2.05, 4.69) is 21.2 Å². The number of benzene rings is 1. The Bertz CT molecular complexity index is 339. The number of nitrogens with one attached hydrogen (secondary N) is 1. The first kappa shape index (κ1) is 10.9. The Labute approximate surface area is 97.9 Å². The molecule has 0 radical (unpaired) electrons. The lowest BCUT2D eigenvalue weighted by molar-refractivity contribution is 0.00755. The Morgan fingerprint density at radius 3 is 2.80 bits per heavy atom. The zero-order chi connectivity index (χ0) is 10.7. The molecule has 1 aromatic rings. The Balaban J connectivity index is 1.93. The largest absolute Gasteiger partial charge is 0.496 e. The second-order valence-corrected chi connectivity index (χ2v) is 4.41. The fourth-order valence-electron chi connectivity index (χ4n) is 1.39. The lowest BCUT2D eigenvalue weighted by atomic mass is 10.2. The van der Waals surface area contributed by atoms with Crippen LogP contribution < -0.4 is 10.1 Å². The van der Waals surface area contributed by atoms with Crippen LogP contribution in [0.4, 0.5) is 0 Å². The van der Waals surface area contributed by atoms with E-state index in [0.29, 0.717) is 12.7 Å². The number of hydrogen-bond acceptors (Lipinski definition) is 3. The average molecular weight is 272 g/mol. The maximum atomic E-state index is 5.67. The van der Waals surface area contributed by atoms with Crippen molar-refractivity contribution in [2.24, 2.45) is 0 Å². The van der Waals surface area contributed by atoms with Gasteiger partial charge in [-0.1, -0.05) is 6.07 Å². The van der Waals surface area contributed by atoms with Crippen LogP contribution in [0.5, 0.6) is 5.75 Å². The monoisotopic (exact) mass is 271 g/mol. The highest BCUT2D eigenvalue weighted by Gasteiger charge is 2.16. The Morgan fingerprint density at radius 2 is 2.27 bits per heavy atom. The quantitative estimate of drug-likeness (QED) is 0.908. The number of ether oxygens (including phenoxy) is 2. The summed E-state index contributed by atoms with van der Waals surface area (Å²) in [5.74, 6) is 0.851. The lowest BCUT2D eigenvalue weighted by Crippen LogP contribution is -2.48. The molecular weight excluding hydrogens is 258 g/mol. The third-order valence-corrected chi connectivity index (χ3v) is 3.07. The second kappa shape index (κ2) is 4.96. The molecule has 0 aromatic heterocycles. The van der Waals surface area contributed by atoms with Gasteiger partial charge in [-0.25, -0.2) is 0 Å². The Hall–Kier alpha value is -0.580. The molecule has 0 spiro atoms. The van der Waals surface area contributed by atoms with Crippen molar-refractivity contribution in [1.29, 1.82) is 0 Å². The van der Waals surface area contributed by atoms with E-state index in [1.54, 1.807) is 7.11 Å². The Kier molecular flexibility index (Phi) is 3.61. The van der Waals surface area contributed by atoms with Gasteiger partial charge in [0.15, 0.2) is 0 Å². The van der Waals surface area contributed by atoms with Crippen LogP contribution in [-0.4, -0.2) is 26.3 Å². The normalized spacial score (nSPS) is 16.1. The minimum absolute atomic E-state index is 0.380. The van der Waals surface area contributed by atoms with E-state index in [1.165, 1.54) is 0 Å². The van der Waals surface area contributed by atoms with Gasteiger partial charge >= 0.3 is 0 Å². The molecule has 0 saturated carbocycles. The minimum atomic E-state index is 0.380. The van der Waals surface area contributed by atoms with E-state index in [4.69, 9.17) is 9.47 Å². The molecule has 1 saturated heterocycles. The van der Waals surface area contributed by atoms with Gasteiger partial charge in [-0.05, 0) is 33.6 Å². The first-order chi connectivity index (χ1) is 7.29. The number of hydrogen-bond donors (Lipinski definition) is 1. The zero-order valence-corrected chi connectivity index (χ0v) is 10.2. The fourth-order valence-corrected chi connectivity index (χ4v) is 1.98. The molecule has 3 nitrogen and oxygen atoms in total. The third kappa shape index (κ3) is 2.71. The van der Waals surface area contributed by atoms with Gasteiger partial charge in [0, 0.05) is 13.1 Å². The highest BCUT2D eigenvalue weighted by atomic mass is 79.9. The molecule has 15 heavy (non-hydrogen) atoms. The molecule has 0 aliphatic carbocycles. The maximum Gasteiger partial charge on any atom is 0.133 e. The molecule has 1 N–H and O–H groups in total. The summed E-state index contributed by atoms with van der Waals surface area (Å²) in [7, 11) is 1.66.